The molecule has 0 saturated heterocycles. The van der Waals surface area contributed by atoms with Gasteiger partial charge in [0.2, 0.25) is 0 Å². The van der Waals surface area contributed by atoms with Crippen molar-refractivity contribution in [2.45, 2.75) is 30.7 Å². The molecular weight excluding hydrogens is 324 g/mol. The number of pyridine rings is 1. The molecule has 4 nitrogen and oxygen atoms in total. The summed E-state index contributed by atoms with van der Waals surface area (Å²) in [4.78, 5) is 17.3. The average Bonchev–Trinajstić information content (AvgIpc) is 2.77. The lowest BCUT2D eigenvalue weighted by molar-refractivity contribution is 0.131. The lowest BCUT2D eigenvalue weighted by atomic mass is 10.2. The Kier molecular flexibility index (Phi) is 4.32. The van der Waals surface area contributed by atoms with Crippen LogP contribution in [0.3, 0.4) is 0 Å². The number of aromatic nitrogens is 2. The van der Waals surface area contributed by atoms with Crippen molar-refractivity contribution in [2.24, 2.45) is 0 Å². The Labute approximate surface area is 121 Å². The molecule has 2 N–H and O–H groups in total. The minimum Gasteiger partial charge on any atom is -0.362 e. The van der Waals surface area contributed by atoms with Gasteiger partial charge in [0.25, 0.3) is 5.56 Å². The van der Waals surface area contributed by atoms with Crippen LogP contribution in [-0.2, 0) is 4.74 Å². The summed E-state index contributed by atoms with van der Waals surface area (Å²) in [6.07, 6.45) is 3.48. The molecule has 0 saturated carbocycles. The van der Waals surface area contributed by atoms with Crippen LogP contribution in [-0.4, -0.2) is 24.6 Å². The van der Waals surface area contributed by atoms with Crippen molar-refractivity contribution < 1.29 is 4.74 Å². The zero-order valence-corrected chi connectivity index (χ0v) is 14.0. The van der Waals surface area contributed by atoms with Gasteiger partial charge in [-0.2, -0.15) is 0 Å². The van der Waals surface area contributed by atoms with E-state index in [1.165, 1.54) is 0 Å². The fourth-order valence-corrected chi connectivity index (χ4v) is 3.13. The maximum atomic E-state index is 11.6. The van der Waals surface area contributed by atoms with Crippen LogP contribution in [0.5, 0.6) is 0 Å². The fourth-order valence-electron chi connectivity index (χ4n) is 1.84. The third-order valence-electron chi connectivity index (χ3n) is 3.00. The van der Waals surface area contributed by atoms with Crippen molar-refractivity contribution in [3.63, 3.8) is 0 Å². The van der Waals surface area contributed by atoms with Crippen LogP contribution in [0.15, 0.2) is 23.3 Å². The topological polar surface area (TPSA) is 57.9 Å². The number of rotatable bonds is 5. The van der Waals surface area contributed by atoms with Crippen molar-refractivity contribution in [1.29, 1.82) is 0 Å². The number of ether oxygens (including phenoxy) is 1. The lowest BCUT2D eigenvalue weighted by Gasteiger charge is -2.18. The molecule has 6 heteroatoms. The molecule has 0 aliphatic carbocycles. The number of aromatic amines is 2. The molecule has 0 aromatic carbocycles. The first-order valence-electron chi connectivity index (χ1n) is 6.33. The van der Waals surface area contributed by atoms with Gasteiger partial charge < -0.3 is 14.7 Å². The van der Waals surface area contributed by atoms with Crippen LogP contribution in [0.4, 0.5) is 0 Å². The summed E-state index contributed by atoms with van der Waals surface area (Å²) in [5.41, 5.74) is 1.44. The van der Waals surface area contributed by atoms with E-state index in [9.17, 15) is 4.79 Å². The number of fused-ring (bicyclic) bond motifs is 1. The Morgan fingerprint density at radius 1 is 1.37 bits per heavy atom. The number of H-pyrrole nitrogens is 2. The van der Waals surface area contributed by atoms with Crippen molar-refractivity contribution in [1.82, 2.24) is 9.97 Å². The van der Waals surface area contributed by atoms with E-state index in [1.807, 2.05) is 6.07 Å². The smallest absolute Gasteiger partial charge is 0.272 e. The summed E-state index contributed by atoms with van der Waals surface area (Å²) in [6.45, 7) is 7.70. The van der Waals surface area contributed by atoms with E-state index in [2.05, 4.69) is 45.5 Å². The number of hydrogen-bond donors (Lipinski definition) is 2. The van der Waals surface area contributed by atoms with E-state index in [0.29, 0.717) is 5.52 Å². The van der Waals surface area contributed by atoms with Gasteiger partial charge in [0, 0.05) is 38.0 Å². The molecule has 2 rings (SSSR count). The number of hydrogen-bond acceptors (Lipinski definition) is 2. The highest BCUT2D eigenvalue weighted by Gasteiger charge is 2.17. The first-order valence-corrected chi connectivity index (χ1v) is 10.9. The van der Waals surface area contributed by atoms with Gasteiger partial charge in [-0.25, -0.2) is 0 Å². The third kappa shape index (κ3) is 3.58. The van der Waals surface area contributed by atoms with E-state index in [0.717, 1.165) is 23.6 Å². The Balaban J connectivity index is 2.14. The first-order chi connectivity index (χ1) is 8.88. The molecule has 0 spiro atoms. The van der Waals surface area contributed by atoms with Gasteiger partial charge in [0.05, 0.1) is 0 Å². The quantitative estimate of drug-likeness (QED) is 0.644. The SMILES string of the molecule is C[Si](C)(C)CCOC(Br)c1c[nH]c(=O)c2[nH]ccc12. The third-order valence-corrected chi connectivity index (χ3v) is 5.47. The Hall–Kier alpha value is -0.853. The van der Waals surface area contributed by atoms with Gasteiger partial charge in [0.1, 0.15) is 10.5 Å². The largest absolute Gasteiger partial charge is 0.362 e. The Morgan fingerprint density at radius 3 is 2.79 bits per heavy atom. The molecule has 1 atom stereocenters. The minimum absolute atomic E-state index is 0.106. The molecule has 1 unspecified atom stereocenters. The Morgan fingerprint density at radius 2 is 2.11 bits per heavy atom. The van der Waals surface area contributed by atoms with Gasteiger partial charge in [-0.05, 0) is 12.1 Å². The molecule has 0 aliphatic heterocycles. The van der Waals surface area contributed by atoms with Crippen LogP contribution in [0.2, 0.25) is 25.7 Å². The van der Waals surface area contributed by atoms with Crippen LogP contribution in [0.25, 0.3) is 10.9 Å². The molecule has 0 fully saturated rings. The highest BCUT2D eigenvalue weighted by molar-refractivity contribution is 9.09. The number of nitrogens with one attached hydrogen (secondary N) is 2. The first kappa shape index (κ1) is 14.6. The number of halogens is 1. The minimum atomic E-state index is -1.08. The second kappa shape index (κ2) is 5.64. The lowest BCUT2D eigenvalue weighted by Crippen LogP contribution is -2.22. The summed E-state index contributed by atoms with van der Waals surface area (Å²) >= 11 is 3.54. The predicted octanol–water partition coefficient (Wildman–Crippen LogP) is 3.60. The van der Waals surface area contributed by atoms with E-state index in [4.69, 9.17) is 4.74 Å². The van der Waals surface area contributed by atoms with E-state index in [-0.39, 0.29) is 10.6 Å². The van der Waals surface area contributed by atoms with E-state index >= 15 is 0 Å². The number of alkyl halides is 1. The zero-order chi connectivity index (χ0) is 14.0. The molecule has 0 amide bonds. The molecule has 0 radical (unpaired) electrons. The molecular formula is C13H19BrN2O2Si. The second-order valence-corrected chi connectivity index (χ2v) is 12.3. The molecule has 0 bridgehead atoms. The highest BCUT2D eigenvalue weighted by atomic mass is 79.9. The summed E-state index contributed by atoms with van der Waals surface area (Å²) in [5.74, 6) is 0. The Bertz CT molecular complexity index is 615. The van der Waals surface area contributed by atoms with E-state index < -0.39 is 8.07 Å². The standard InChI is InChI=1S/C13H19BrN2O2Si/c1-19(2,3)7-6-18-12(14)10-8-16-13(17)11-9(10)4-5-15-11/h4-5,8,12,15H,6-7H2,1-3H3,(H,16,17). The fraction of sp³-hybridized carbons (Fsp3) is 0.462. The van der Waals surface area contributed by atoms with Crippen molar-refractivity contribution in [3.8, 4) is 0 Å². The van der Waals surface area contributed by atoms with Gasteiger partial charge >= 0.3 is 0 Å². The summed E-state index contributed by atoms with van der Waals surface area (Å²) < 4.78 is 5.84. The van der Waals surface area contributed by atoms with Crippen LogP contribution in [0.1, 0.15) is 10.6 Å². The molecule has 0 aliphatic rings. The predicted molar refractivity (Wildman–Crippen MR) is 84.7 cm³/mol. The van der Waals surface area contributed by atoms with Gasteiger partial charge in [-0.3, -0.25) is 4.79 Å². The summed E-state index contributed by atoms with van der Waals surface area (Å²) in [6, 6.07) is 3.02. The maximum Gasteiger partial charge on any atom is 0.272 e. The molecule has 2 aromatic heterocycles. The van der Waals surface area contributed by atoms with Crippen molar-refractivity contribution in [3.05, 3.63) is 34.4 Å². The van der Waals surface area contributed by atoms with E-state index in [1.54, 1.807) is 12.4 Å². The van der Waals surface area contributed by atoms with Crippen LogP contribution >= 0.6 is 15.9 Å². The van der Waals surface area contributed by atoms with Gasteiger partial charge in [0.15, 0.2) is 0 Å². The monoisotopic (exact) mass is 342 g/mol. The van der Waals surface area contributed by atoms with Gasteiger partial charge in [-0.1, -0.05) is 35.6 Å². The average molecular weight is 343 g/mol. The molecule has 2 aromatic rings. The maximum absolute atomic E-state index is 11.6. The zero-order valence-electron chi connectivity index (χ0n) is 11.4. The molecule has 19 heavy (non-hydrogen) atoms. The summed E-state index contributed by atoms with van der Waals surface area (Å²) in [7, 11) is -1.08. The van der Waals surface area contributed by atoms with Crippen LogP contribution in [0, 0.1) is 0 Å². The molecule has 104 valence electrons. The van der Waals surface area contributed by atoms with Crippen LogP contribution < -0.4 is 5.56 Å². The highest BCUT2D eigenvalue weighted by Crippen LogP contribution is 2.29. The normalized spacial score (nSPS) is 13.9. The van der Waals surface area contributed by atoms with Crippen molar-refractivity contribution in [2.75, 3.05) is 6.61 Å². The van der Waals surface area contributed by atoms with Gasteiger partial charge in [-0.15, -0.1) is 0 Å². The second-order valence-electron chi connectivity index (χ2n) is 5.84. The molecule has 2 heterocycles. The van der Waals surface area contributed by atoms with Crippen molar-refractivity contribution >= 4 is 34.9 Å². The summed E-state index contributed by atoms with van der Waals surface area (Å²) in [5, 5.41) is 0.706.